The number of anilines is 2. The lowest BCUT2D eigenvalue weighted by Crippen LogP contribution is -2.47. The van der Waals surface area contributed by atoms with Gasteiger partial charge in [-0.1, -0.05) is 24.3 Å². The van der Waals surface area contributed by atoms with Crippen molar-refractivity contribution in [3.63, 3.8) is 0 Å². The van der Waals surface area contributed by atoms with Gasteiger partial charge in [0.15, 0.2) is 0 Å². The first kappa shape index (κ1) is 23.6. The molecule has 2 heterocycles. The minimum Gasteiger partial charge on any atom is -0.497 e. The molecule has 7 heteroatoms. The molecule has 1 aliphatic rings. The van der Waals surface area contributed by atoms with Crippen LogP contribution in [-0.4, -0.2) is 56.6 Å². The number of piperazine rings is 1. The van der Waals surface area contributed by atoms with Crippen molar-refractivity contribution in [3.8, 4) is 5.75 Å². The zero-order chi connectivity index (χ0) is 23.9. The molecule has 4 rings (SSSR count). The van der Waals surface area contributed by atoms with Crippen molar-refractivity contribution >= 4 is 17.3 Å². The van der Waals surface area contributed by atoms with Crippen LogP contribution in [0.4, 0.5) is 11.4 Å². The van der Waals surface area contributed by atoms with E-state index in [0.717, 1.165) is 36.8 Å². The molecular formula is C27H33N5O2. The average Bonchev–Trinajstić information content (AvgIpc) is 2.84. The van der Waals surface area contributed by atoms with E-state index < -0.39 is 0 Å². The van der Waals surface area contributed by atoms with Gasteiger partial charge in [-0.05, 0) is 47.5 Å². The van der Waals surface area contributed by atoms with E-state index >= 15 is 0 Å². The first-order valence-corrected chi connectivity index (χ1v) is 11.6. The Morgan fingerprint density at radius 1 is 1.00 bits per heavy atom. The molecule has 1 aliphatic heterocycles. The highest BCUT2D eigenvalue weighted by Crippen LogP contribution is 2.24. The Morgan fingerprint density at radius 3 is 2.50 bits per heavy atom. The molecule has 0 aliphatic carbocycles. The highest BCUT2D eigenvalue weighted by molar-refractivity contribution is 5.78. The van der Waals surface area contributed by atoms with Crippen LogP contribution >= 0.6 is 0 Å². The van der Waals surface area contributed by atoms with Gasteiger partial charge in [0.2, 0.25) is 5.91 Å². The monoisotopic (exact) mass is 459 g/mol. The van der Waals surface area contributed by atoms with Gasteiger partial charge in [-0.3, -0.25) is 14.7 Å². The predicted molar refractivity (Wildman–Crippen MR) is 136 cm³/mol. The number of methoxy groups -OCH3 is 1. The van der Waals surface area contributed by atoms with Crippen LogP contribution in [0.1, 0.15) is 16.8 Å². The number of ether oxygens (including phenoxy) is 1. The summed E-state index contributed by atoms with van der Waals surface area (Å²) in [4.78, 5) is 23.0. The molecule has 3 aromatic rings. The van der Waals surface area contributed by atoms with Crippen molar-refractivity contribution in [1.29, 1.82) is 0 Å². The standard InChI is InChI=1S/C27H33N5O2/c1-30(2)24-8-4-6-21(14-24)17-32(18-22-7-5-9-26(15-22)34-3)25-10-11-28-23(16-25)19-31-13-12-29-27(33)20-31/h4-11,14-16H,12-13,17-20H2,1-3H3,(H,29,33). The Balaban J connectivity index is 1.60. The van der Waals surface area contributed by atoms with E-state index in [1.54, 1.807) is 7.11 Å². The van der Waals surface area contributed by atoms with Crippen molar-refractivity contribution in [2.75, 3.05) is 50.6 Å². The van der Waals surface area contributed by atoms with Crippen molar-refractivity contribution in [2.24, 2.45) is 0 Å². The molecule has 2 aromatic carbocycles. The Labute approximate surface area is 202 Å². The molecule has 34 heavy (non-hydrogen) atoms. The van der Waals surface area contributed by atoms with Crippen LogP contribution in [-0.2, 0) is 24.4 Å². The van der Waals surface area contributed by atoms with Crippen LogP contribution in [0.15, 0.2) is 66.9 Å². The summed E-state index contributed by atoms with van der Waals surface area (Å²) >= 11 is 0. The zero-order valence-corrected chi connectivity index (χ0v) is 20.2. The zero-order valence-electron chi connectivity index (χ0n) is 20.2. The number of hydrogen-bond acceptors (Lipinski definition) is 6. The molecular weight excluding hydrogens is 426 g/mol. The third-order valence-electron chi connectivity index (χ3n) is 5.98. The molecule has 1 saturated heterocycles. The van der Waals surface area contributed by atoms with Crippen molar-refractivity contribution < 1.29 is 9.53 Å². The van der Waals surface area contributed by atoms with E-state index in [2.05, 4.69) is 87.6 Å². The maximum Gasteiger partial charge on any atom is 0.234 e. The average molecular weight is 460 g/mol. The highest BCUT2D eigenvalue weighted by Gasteiger charge is 2.17. The molecule has 178 valence electrons. The number of aromatic nitrogens is 1. The molecule has 0 saturated carbocycles. The molecule has 0 atom stereocenters. The van der Waals surface area contributed by atoms with E-state index in [-0.39, 0.29) is 5.91 Å². The van der Waals surface area contributed by atoms with Crippen LogP contribution in [0.25, 0.3) is 0 Å². The fourth-order valence-corrected chi connectivity index (χ4v) is 4.19. The van der Waals surface area contributed by atoms with Crippen molar-refractivity contribution in [3.05, 3.63) is 83.7 Å². The topological polar surface area (TPSA) is 60.9 Å². The van der Waals surface area contributed by atoms with Gasteiger partial charge < -0.3 is 19.9 Å². The molecule has 0 spiro atoms. The van der Waals surface area contributed by atoms with Gasteiger partial charge in [-0.15, -0.1) is 0 Å². The van der Waals surface area contributed by atoms with Crippen LogP contribution < -0.4 is 19.9 Å². The molecule has 0 radical (unpaired) electrons. The summed E-state index contributed by atoms with van der Waals surface area (Å²) in [6.45, 7) is 4.08. The maximum absolute atomic E-state index is 11.8. The summed E-state index contributed by atoms with van der Waals surface area (Å²) in [5, 5.41) is 2.88. The second-order valence-corrected chi connectivity index (χ2v) is 8.84. The maximum atomic E-state index is 11.8. The molecule has 1 amide bonds. The van der Waals surface area contributed by atoms with Gasteiger partial charge in [-0.25, -0.2) is 0 Å². The molecule has 0 unspecified atom stereocenters. The largest absolute Gasteiger partial charge is 0.497 e. The van der Waals surface area contributed by atoms with Gasteiger partial charge in [0.05, 0.1) is 19.3 Å². The minimum atomic E-state index is 0.0721. The van der Waals surface area contributed by atoms with Gasteiger partial charge in [0, 0.05) is 64.4 Å². The Bertz CT molecular complexity index is 1120. The van der Waals surface area contributed by atoms with E-state index in [9.17, 15) is 4.79 Å². The van der Waals surface area contributed by atoms with Crippen LogP contribution in [0.2, 0.25) is 0 Å². The second-order valence-electron chi connectivity index (χ2n) is 8.84. The first-order chi connectivity index (χ1) is 16.5. The Hall–Kier alpha value is -3.58. The number of nitrogens with one attached hydrogen (secondary N) is 1. The van der Waals surface area contributed by atoms with Crippen LogP contribution in [0.5, 0.6) is 5.75 Å². The summed E-state index contributed by atoms with van der Waals surface area (Å²) in [5.74, 6) is 0.925. The summed E-state index contributed by atoms with van der Waals surface area (Å²) in [6.07, 6.45) is 1.86. The number of carbonyl (C=O) groups excluding carboxylic acids is 1. The fraction of sp³-hybridized carbons (Fsp3) is 0.333. The number of carbonyl (C=O) groups is 1. The normalized spacial score (nSPS) is 13.9. The molecule has 1 fully saturated rings. The van der Waals surface area contributed by atoms with E-state index in [1.165, 1.54) is 16.8 Å². The van der Waals surface area contributed by atoms with Crippen LogP contribution in [0.3, 0.4) is 0 Å². The molecule has 0 bridgehead atoms. The molecule has 1 aromatic heterocycles. The van der Waals surface area contributed by atoms with E-state index in [1.807, 2.05) is 18.3 Å². The van der Waals surface area contributed by atoms with E-state index in [4.69, 9.17) is 4.74 Å². The first-order valence-electron chi connectivity index (χ1n) is 11.6. The third kappa shape index (κ3) is 6.26. The number of amides is 1. The molecule has 7 nitrogen and oxygen atoms in total. The van der Waals surface area contributed by atoms with Gasteiger partial charge in [-0.2, -0.15) is 0 Å². The summed E-state index contributed by atoms with van der Waals surface area (Å²) < 4.78 is 5.44. The number of hydrogen-bond donors (Lipinski definition) is 1. The lowest BCUT2D eigenvalue weighted by atomic mass is 10.1. The number of rotatable bonds is 9. The minimum absolute atomic E-state index is 0.0721. The van der Waals surface area contributed by atoms with Crippen LogP contribution in [0, 0.1) is 0 Å². The number of pyridine rings is 1. The SMILES string of the molecule is COc1cccc(CN(Cc2cccc(N(C)C)c2)c2ccnc(CN3CCNC(=O)C3)c2)c1. The van der Waals surface area contributed by atoms with Gasteiger partial charge >= 0.3 is 0 Å². The number of benzene rings is 2. The summed E-state index contributed by atoms with van der Waals surface area (Å²) in [5.41, 5.74) is 5.65. The predicted octanol–water partition coefficient (Wildman–Crippen LogP) is 3.29. The Morgan fingerprint density at radius 2 is 1.76 bits per heavy atom. The van der Waals surface area contributed by atoms with Gasteiger partial charge in [0.25, 0.3) is 0 Å². The van der Waals surface area contributed by atoms with E-state index in [0.29, 0.717) is 19.6 Å². The fourth-order valence-electron chi connectivity index (χ4n) is 4.19. The highest BCUT2D eigenvalue weighted by atomic mass is 16.5. The smallest absolute Gasteiger partial charge is 0.234 e. The van der Waals surface area contributed by atoms with Crippen molar-refractivity contribution in [1.82, 2.24) is 15.2 Å². The molecule has 1 N–H and O–H groups in total. The van der Waals surface area contributed by atoms with Gasteiger partial charge in [0.1, 0.15) is 5.75 Å². The lowest BCUT2D eigenvalue weighted by Gasteiger charge is -2.28. The van der Waals surface area contributed by atoms with Crippen molar-refractivity contribution in [2.45, 2.75) is 19.6 Å². The lowest BCUT2D eigenvalue weighted by molar-refractivity contribution is -0.124. The summed E-state index contributed by atoms with van der Waals surface area (Å²) in [7, 11) is 5.81. The quantitative estimate of drug-likeness (QED) is 0.530. The second kappa shape index (κ2) is 11.0. The summed E-state index contributed by atoms with van der Waals surface area (Å²) in [6, 6.07) is 21.0. The third-order valence-corrected chi connectivity index (χ3v) is 5.98. The number of nitrogens with zero attached hydrogens (tertiary/aromatic N) is 4. The Kier molecular flexibility index (Phi) is 7.65.